The van der Waals surface area contributed by atoms with E-state index in [-0.39, 0.29) is 0 Å². The Morgan fingerprint density at radius 2 is 2.29 bits per heavy atom. The van der Waals surface area contributed by atoms with Gasteiger partial charge >= 0.3 is 0 Å². The zero-order valence-electron chi connectivity index (χ0n) is 10.7. The number of nitrogens with zero attached hydrogens (tertiary/aromatic N) is 2. The normalized spacial score (nSPS) is 17.5. The first kappa shape index (κ1) is 12.6. The quantitative estimate of drug-likeness (QED) is 0.820. The summed E-state index contributed by atoms with van der Waals surface area (Å²) in [4.78, 5) is 4.21. The Bertz CT molecular complexity index is 318. The SMILES string of the molecule is CCCn1cncc1CNCC1CCOCC1. The minimum absolute atomic E-state index is 0.784. The predicted octanol–water partition coefficient (Wildman–Crippen LogP) is 1.81. The van der Waals surface area contributed by atoms with E-state index in [9.17, 15) is 0 Å². The monoisotopic (exact) mass is 237 g/mol. The van der Waals surface area contributed by atoms with E-state index in [4.69, 9.17) is 4.74 Å². The van der Waals surface area contributed by atoms with Crippen molar-refractivity contribution in [3.05, 3.63) is 18.2 Å². The van der Waals surface area contributed by atoms with Crippen LogP contribution in [0, 0.1) is 5.92 Å². The molecule has 0 radical (unpaired) electrons. The maximum atomic E-state index is 5.36. The maximum absolute atomic E-state index is 5.36. The van der Waals surface area contributed by atoms with Gasteiger partial charge in [-0.2, -0.15) is 0 Å². The van der Waals surface area contributed by atoms with Crippen molar-refractivity contribution in [1.29, 1.82) is 0 Å². The van der Waals surface area contributed by atoms with Crippen LogP contribution in [0.25, 0.3) is 0 Å². The highest BCUT2D eigenvalue weighted by Crippen LogP contribution is 2.13. The number of aromatic nitrogens is 2. The Kier molecular flexibility index (Phi) is 5.01. The molecule has 0 aromatic carbocycles. The first-order valence-electron chi connectivity index (χ1n) is 6.67. The highest BCUT2D eigenvalue weighted by Gasteiger charge is 2.13. The van der Waals surface area contributed by atoms with E-state index in [1.807, 2.05) is 12.5 Å². The summed E-state index contributed by atoms with van der Waals surface area (Å²) in [5.41, 5.74) is 1.29. The lowest BCUT2D eigenvalue weighted by Crippen LogP contribution is -2.28. The number of nitrogens with one attached hydrogen (secondary N) is 1. The van der Waals surface area contributed by atoms with E-state index in [0.717, 1.165) is 45.2 Å². The number of hydrogen-bond donors (Lipinski definition) is 1. The van der Waals surface area contributed by atoms with Crippen LogP contribution >= 0.6 is 0 Å². The fourth-order valence-electron chi connectivity index (χ4n) is 2.29. The van der Waals surface area contributed by atoms with Gasteiger partial charge in [-0.05, 0) is 31.7 Å². The van der Waals surface area contributed by atoms with E-state index in [2.05, 4.69) is 21.8 Å². The molecule has 0 amide bonds. The fourth-order valence-corrected chi connectivity index (χ4v) is 2.29. The largest absolute Gasteiger partial charge is 0.381 e. The molecule has 0 atom stereocenters. The molecule has 1 N–H and O–H groups in total. The summed E-state index contributed by atoms with van der Waals surface area (Å²) in [6.45, 7) is 7.14. The zero-order chi connectivity index (χ0) is 11.9. The molecule has 0 bridgehead atoms. The molecule has 0 spiro atoms. The highest BCUT2D eigenvalue weighted by molar-refractivity contribution is 4.97. The average Bonchev–Trinajstić information content (AvgIpc) is 2.79. The smallest absolute Gasteiger partial charge is 0.0948 e. The van der Waals surface area contributed by atoms with E-state index in [1.165, 1.54) is 18.5 Å². The van der Waals surface area contributed by atoms with E-state index in [0.29, 0.717) is 0 Å². The topological polar surface area (TPSA) is 39.1 Å². The third kappa shape index (κ3) is 3.82. The number of hydrogen-bond acceptors (Lipinski definition) is 3. The van der Waals surface area contributed by atoms with Crippen LogP contribution in [-0.2, 0) is 17.8 Å². The Morgan fingerprint density at radius 3 is 3.06 bits per heavy atom. The molecule has 2 rings (SSSR count). The molecule has 0 saturated carbocycles. The van der Waals surface area contributed by atoms with Crippen LogP contribution in [0.15, 0.2) is 12.5 Å². The lowest BCUT2D eigenvalue weighted by molar-refractivity contribution is 0.0662. The molecule has 0 unspecified atom stereocenters. The van der Waals surface area contributed by atoms with Crippen molar-refractivity contribution in [3.8, 4) is 0 Å². The molecule has 1 aromatic heterocycles. The van der Waals surface area contributed by atoms with Gasteiger partial charge < -0.3 is 14.6 Å². The molecule has 1 aliphatic rings. The predicted molar refractivity (Wildman–Crippen MR) is 67.8 cm³/mol. The Balaban J connectivity index is 1.71. The molecule has 4 heteroatoms. The van der Waals surface area contributed by atoms with Gasteiger partial charge in [-0.15, -0.1) is 0 Å². The van der Waals surface area contributed by atoms with Crippen molar-refractivity contribution in [2.24, 2.45) is 5.92 Å². The Labute approximate surface area is 103 Å². The second-order valence-electron chi connectivity index (χ2n) is 4.77. The number of ether oxygens (including phenoxy) is 1. The molecule has 17 heavy (non-hydrogen) atoms. The van der Waals surface area contributed by atoms with E-state index >= 15 is 0 Å². The zero-order valence-corrected chi connectivity index (χ0v) is 10.7. The highest BCUT2D eigenvalue weighted by atomic mass is 16.5. The fraction of sp³-hybridized carbons (Fsp3) is 0.769. The molecule has 96 valence electrons. The molecule has 1 aliphatic heterocycles. The minimum Gasteiger partial charge on any atom is -0.381 e. The average molecular weight is 237 g/mol. The first-order valence-corrected chi connectivity index (χ1v) is 6.67. The number of imidazole rings is 1. The summed E-state index contributed by atoms with van der Waals surface area (Å²) < 4.78 is 7.59. The van der Waals surface area contributed by atoms with Gasteiger partial charge in [-0.25, -0.2) is 4.98 Å². The van der Waals surface area contributed by atoms with Gasteiger partial charge in [0.15, 0.2) is 0 Å². The van der Waals surface area contributed by atoms with Crippen LogP contribution in [0.2, 0.25) is 0 Å². The molecule has 4 nitrogen and oxygen atoms in total. The summed E-state index contributed by atoms with van der Waals surface area (Å²) in [5, 5.41) is 3.54. The maximum Gasteiger partial charge on any atom is 0.0948 e. The molecule has 1 saturated heterocycles. The third-order valence-electron chi connectivity index (χ3n) is 3.34. The lowest BCUT2D eigenvalue weighted by atomic mass is 10.0. The minimum atomic E-state index is 0.784. The summed E-state index contributed by atoms with van der Waals surface area (Å²) in [7, 11) is 0. The standard InChI is InChI=1S/C13H23N3O/c1-2-5-16-11-15-10-13(16)9-14-8-12-3-6-17-7-4-12/h10-12,14H,2-9H2,1H3. The van der Waals surface area contributed by atoms with Gasteiger partial charge in [0.2, 0.25) is 0 Å². The van der Waals surface area contributed by atoms with Gasteiger partial charge in [-0.3, -0.25) is 0 Å². The molecule has 0 aliphatic carbocycles. The Morgan fingerprint density at radius 1 is 1.47 bits per heavy atom. The molecule has 1 aromatic rings. The molecule has 2 heterocycles. The summed E-state index contributed by atoms with van der Waals surface area (Å²) in [6.07, 6.45) is 7.44. The summed E-state index contributed by atoms with van der Waals surface area (Å²) >= 11 is 0. The second kappa shape index (κ2) is 6.77. The van der Waals surface area contributed by atoms with Crippen LogP contribution in [0.5, 0.6) is 0 Å². The van der Waals surface area contributed by atoms with Gasteiger partial charge in [0, 0.05) is 32.5 Å². The van der Waals surface area contributed by atoms with Crippen molar-refractivity contribution in [3.63, 3.8) is 0 Å². The van der Waals surface area contributed by atoms with Crippen molar-refractivity contribution in [2.45, 2.75) is 39.3 Å². The lowest BCUT2D eigenvalue weighted by Gasteiger charge is -2.22. The van der Waals surface area contributed by atoms with Crippen LogP contribution in [0.3, 0.4) is 0 Å². The summed E-state index contributed by atoms with van der Waals surface area (Å²) in [5.74, 6) is 0.784. The van der Waals surface area contributed by atoms with Crippen molar-refractivity contribution in [1.82, 2.24) is 14.9 Å². The third-order valence-corrected chi connectivity index (χ3v) is 3.34. The first-order chi connectivity index (χ1) is 8.40. The van der Waals surface area contributed by atoms with E-state index in [1.54, 1.807) is 0 Å². The van der Waals surface area contributed by atoms with Crippen molar-refractivity contribution < 1.29 is 4.74 Å². The molecule has 1 fully saturated rings. The van der Waals surface area contributed by atoms with Gasteiger partial charge in [0.05, 0.1) is 12.0 Å². The van der Waals surface area contributed by atoms with Crippen LogP contribution in [0.1, 0.15) is 31.9 Å². The van der Waals surface area contributed by atoms with Crippen LogP contribution < -0.4 is 5.32 Å². The number of aryl methyl sites for hydroxylation is 1. The van der Waals surface area contributed by atoms with Gasteiger partial charge in [0.25, 0.3) is 0 Å². The Hall–Kier alpha value is -0.870. The molecular formula is C13H23N3O. The van der Waals surface area contributed by atoms with E-state index < -0.39 is 0 Å². The van der Waals surface area contributed by atoms with Crippen molar-refractivity contribution in [2.75, 3.05) is 19.8 Å². The summed E-state index contributed by atoms with van der Waals surface area (Å²) in [6, 6.07) is 0. The van der Waals surface area contributed by atoms with Gasteiger partial charge in [-0.1, -0.05) is 6.92 Å². The van der Waals surface area contributed by atoms with Gasteiger partial charge in [0.1, 0.15) is 0 Å². The second-order valence-corrected chi connectivity index (χ2v) is 4.77. The van der Waals surface area contributed by atoms with Crippen LogP contribution in [-0.4, -0.2) is 29.3 Å². The van der Waals surface area contributed by atoms with Crippen LogP contribution in [0.4, 0.5) is 0 Å². The van der Waals surface area contributed by atoms with Crippen molar-refractivity contribution >= 4 is 0 Å². The number of rotatable bonds is 6. The molecular weight excluding hydrogens is 214 g/mol.